The van der Waals surface area contributed by atoms with Gasteiger partial charge in [-0.25, -0.2) is 8.42 Å². The summed E-state index contributed by atoms with van der Waals surface area (Å²) < 4.78 is 33.3. The van der Waals surface area contributed by atoms with Crippen LogP contribution in [0.4, 0.5) is 0 Å². The lowest BCUT2D eigenvalue weighted by molar-refractivity contribution is -0.126. The predicted octanol–water partition coefficient (Wildman–Crippen LogP) is 3.13. The van der Waals surface area contributed by atoms with E-state index in [0.717, 1.165) is 32.1 Å². The Morgan fingerprint density at radius 3 is 2.77 bits per heavy atom. The lowest BCUT2D eigenvalue weighted by atomic mass is 9.98. The van der Waals surface area contributed by atoms with E-state index in [-0.39, 0.29) is 29.3 Å². The molecule has 1 N–H and O–H groups in total. The molecule has 0 spiro atoms. The fourth-order valence-corrected chi connectivity index (χ4v) is 7.24. The molecule has 10 heteroatoms. The number of amides is 1. The average Bonchev–Trinajstić information content (AvgIpc) is 3.48. The van der Waals surface area contributed by atoms with Crippen molar-refractivity contribution in [1.82, 2.24) is 19.8 Å². The highest BCUT2D eigenvalue weighted by Crippen LogP contribution is 2.35. The molecule has 0 unspecified atom stereocenters. The van der Waals surface area contributed by atoms with Crippen molar-refractivity contribution in [1.29, 1.82) is 0 Å². The number of aryl methyl sites for hydroxylation is 2. The Kier molecular flexibility index (Phi) is 6.26. The Hall–Kier alpha value is -1.78. The summed E-state index contributed by atoms with van der Waals surface area (Å²) in [5.74, 6) is 0.627. The number of piperidine rings is 1. The molecular formula is C20H28N4O4S2. The number of hydrogen-bond acceptors (Lipinski definition) is 7. The molecule has 4 rings (SSSR count). The molecule has 30 heavy (non-hydrogen) atoms. The van der Waals surface area contributed by atoms with Gasteiger partial charge in [-0.3, -0.25) is 4.79 Å². The maximum Gasteiger partial charge on any atom is 0.244 e. The van der Waals surface area contributed by atoms with Gasteiger partial charge in [-0.2, -0.15) is 9.29 Å². The highest BCUT2D eigenvalue weighted by Gasteiger charge is 2.35. The van der Waals surface area contributed by atoms with E-state index in [4.69, 9.17) is 4.52 Å². The highest BCUT2D eigenvalue weighted by atomic mass is 32.2. The number of nitrogens with one attached hydrogen (secondary N) is 1. The van der Waals surface area contributed by atoms with Gasteiger partial charge in [-0.05, 0) is 38.7 Å². The monoisotopic (exact) mass is 452 g/mol. The van der Waals surface area contributed by atoms with Crippen LogP contribution in [0.1, 0.15) is 56.2 Å². The summed E-state index contributed by atoms with van der Waals surface area (Å²) in [7, 11) is -3.69. The van der Waals surface area contributed by atoms with Crippen LogP contribution in [0.25, 0.3) is 10.7 Å². The zero-order valence-electron chi connectivity index (χ0n) is 17.4. The first kappa shape index (κ1) is 21.5. The van der Waals surface area contributed by atoms with Crippen LogP contribution < -0.4 is 5.32 Å². The number of thiophene rings is 1. The topological polar surface area (TPSA) is 105 Å². The minimum atomic E-state index is -3.69. The molecular weight excluding hydrogens is 424 g/mol. The van der Waals surface area contributed by atoms with Crippen LogP contribution in [0, 0.1) is 12.8 Å². The Balaban J connectivity index is 1.50. The third-order valence-corrected chi connectivity index (χ3v) is 9.10. The Morgan fingerprint density at radius 1 is 1.30 bits per heavy atom. The van der Waals surface area contributed by atoms with E-state index < -0.39 is 10.0 Å². The quantitative estimate of drug-likeness (QED) is 0.722. The summed E-state index contributed by atoms with van der Waals surface area (Å²) in [6.45, 7) is 4.37. The van der Waals surface area contributed by atoms with Gasteiger partial charge in [0.25, 0.3) is 0 Å². The molecule has 1 amide bonds. The molecule has 2 aromatic rings. The molecule has 8 nitrogen and oxygen atoms in total. The van der Waals surface area contributed by atoms with Crippen molar-refractivity contribution in [3.63, 3.8) is 0 Å². The number of nitrogens with zero attached hydrogens (tertiary/aromatic N) is 3. The van der Waals surface area contributed by atoms with Gasteiger partial charge in [-0.1, -0.05) is 24.9 Å². The number of carbonyl (C=O) groups is 1. The number of sulfonamides is 1. The van der Waals surface area contributed by atoms with Gasteiger partial charge < -0.3 is 9.84 Å². The van der Waals surface area contributed by atoms with Gasteiger partial charge in [0, 0.05) is 30.4 Å². The third kappa shape index (κ3) is 4.31. The van der Waals surface area contributed by atoms with Crippen LogP contribution in [0.2, 0.25) is 0 Å². The van der Waals surface area contributed by atoms with Crippen molar-refractivity contribution in [3.05, 3.63) is 16.8 Å². The van der Waals surface area contributed by atoms with Gasteiger partial charge in [0.1, 0.15) is 0 Å². The highest BCUT2D eigenvalue weighted by molar-refractivity contribution is 7.89. The summed E-state index contributed by atoms with van der Waals surface area (Å²) in [6.07, 6.45) is 6.37. The van der Waals surface area contributed by atoms with Crippen LogP contribution in [0.3, 0.4) is 0 Å². The minimum absolute atomic E-state index is 0.0107. The van der Waals surface area contributed by atoms with Crippen molar-refractivity contribution in [2.45, 2.75) is 69.7 Å². The summed E-state index contributed by atoms with van der Waals surface area (Å²) in [5.41, 5.74) is 0. The van der Waals surface area contributed by atoms with E-state index in [1.807, 2.05) is 6.92 Å². The predicted molar refractivity (Wildman–Crippen MR) is 114 cm³/mol. The Labute approximate surface area is 181 Å². The first-order chi connectivity index (χ1) is 14.4. The van der Waals surface area contributed by atoms with E-state index in [1.165, 1.54) is 15.6 Å². The molecule has 1 aliphatic heterocycles. The normalized spacial score (nSPS) is 21.2. The molecule has 164 valence electrons. The molecule has 0 aromatic carbocycles. The average molecular weight is 453 g/mol. The van der Waals surface area contributed by atoms with Crippen LogP contribution >= 0.6 is 11.3 Å². The molecule has 3 heterocycles. The maximum absolute atomic E-state index is 13.4. The second-order valence-corrected chi connectivity index (χ2v) is 11.3. The summed E-state index contributed by atoms with van der Waals surface area (Å²) in [4.78, 5) is 18.6. The van der Waals surface area contributed by atoms with Gasteiger partial charge in [0.2, 0.25) is 27.6 Å². The van der Waals surface area contributed by atoms with Crippen LogP contribution in [-0.4, -0.2) is 47.9 Å². The zero-order valence-corrected chi connectivity index (χ0v) is 19.0. The molecule has 1 atom stereocenters. The summed E-state index contributed by atoms with van der Waals surface area (Å²) in [6, 6.07) is 1.87. The van der Waals surface area contributed by atoms with Crippen molar-refractivity contribution in [2.24, 2.45) is 5.92 Å². The van der Waals surface area contributed by atoms with Crippen LogP contribution in [0.15, 0.2) is 15.5 Å². The standard InChI is InChI=1S/C20H28N4O4S2/c1-3-18-22-19(23-28-18)16-11-17(13(2)29-16)30(26,27)24-10-6-7-14(12-24)20(25)21-15-8-4-5-9-15/h11,14-15H,3-10,12H2,1-2H3,(H,21,25)/t14-/m1/s1. The second-order valence-electron chi connectivity index (χ2n) is 8.09. The zero-order chi connectivity index (χ0) is 21.3. The fraction of sp³-hybridized carbons (Fsp3) is 0.650. The molecule has 1 aliphatic carbocycles. The number of carbonyl (C=O) groups excluding carboxylic acids is 1. The van der Waals surface area contributed by atoms with E-state index in [9.17, 15) is 13.2 Å². The smallest absolute Gasteiger partial charge is 0.244 e. The largest absolute Gasteiger partial charge is 0.353 e. The Bertz CT molecular complexity index is 1010. The third-order valence-electron chi connectivity index (χ3n) is 5.94. The van der Waals surface area contributed by atoms with E-state index in [2.05, 4.69) is 15.5 Å². The first-order valence-corrected chi connectivity index (χ1v) is 12.9. The number of aromatic nitrogens is 2. The lowest BCUT2D eigenvalue weighted by Gasteiger charge is -2.31. The number of rotatable bonds is 6. The molecule has 2 aliphatic rings. The molecule has 2 aromatic heterocycles. The van der Waals surface area contributed by atoms with Crippen molar-refractivity contribution < 1.29 is 17.7 Å². The molecule has 1 saturated heterocycles. The Morgan fingerprint density at radius 2 is 2.07 bits per heavy atom. The summed E-state index contributed by atoms with van der Waals surface area (Å²) >= 11 is 1.34. The number of hydrogen-bond donors (Lipinski definition) is 1. The molecule has 0 radical (unpaired) electrons. The van der Waals surface area contributed by atoms with Crippen LogP contribution in [0.5, 0.6) is 0 Å². The minimum Gasteiger partial charge on any atom is -0.353 e. The van der Waals surface area contributed by atoms with Crippen LogP contribution in [-0.2, 0) is 21.2 Å². The van der Waals surface area contributed by atoms with Crippen molar-refractivity contribution in [3.8, 4) is 10.7 Å². The van der Waals surface area contributed by atoms with Crippen molar-refractivity contribution in [2.75, 3.05) is 13.1 Å². The first-order valence-electron chi connectivity index (χ1n) is 10.6. The van der Waals surface area contributed by atoms with Gasteiger partial charge in [-0.15, -0.1) is 11.3 Å². The maximum atomic E-state index is 13.4. The van der Waals surface area contributed by atoms with E-state index in [1.54, 1.807) is 13.0 Å². The van der Waals surface area contributed by atoms with Crippen molar-refractivity contribution >= 4 is 27.3 Å². The van der Waals surface area contributed by atoms with E-state index in [0.29, 0.717) is 40.9 Å². The van der Waals surface area contributed by atoms with E-state index >= 15 is 0 Å². The summed E-state index contributed by atoms with van der Waals surface area (Å²) in [5, 5.41) is 7.07. The molecule has 2 fully saturated rings. The SMILES string of the molecule is CCc1nc(-c2cc(S(=O)(=O)N3CCC[C@@H](C(=O)NC4CCCC4)C3)c(C)s2)no1. The lowest BCUT2D eigenvalue weighted by Crippen LogP contribution is -2.47. The fourth-order valence-electron chi connectivity index (χ4n) is 4.23. The van der Waals surface area contributed by atoms with Gasteiger partial charge in [0.15, 0.2) is 0 Å². The molecule has 0 bridgehead atoms. The second kappa shape index (κ2) is 8.76. The van der Waals surface area contributed by atoms with Gasteiger partial charge >= 0.3 is 0 Å². The van der Waals surface area contributed by atoms with Gasteiger partial charge in [0.05, 0.1) is 15.7 Å². The molecule has 1 saturated carbocycles.